The fourth-order valence-corrected chi connectivity index (χ4v) is 3.88. The number of imidazole rings is 1. The van der Waals surface area contributed by atoms with Gasteiger partial charge in [0.2, 0.25) is 5.91 Å². The Morgan fingerprint density at radius 3 is 2.55 bits per heavy atom. The second kappa shape index (κ2) is 6.87. The molecule has 0 fully saturated rings. The van der Waals surface area contributed by atoms with Gasteiger partial charge in [-0.2, -0.15) is 0 Å². The first-order valence-electron chi connectivity index (χ1n) is 9.39. The van der Waals surface area contributed by atoms with Crippen molar-refractivity contribution in [3.8, 4) is 5.69 Å². The fraction of sp³-hybridized carbons (Fsp3) is 0.0417. The van der Waals surface area contributed by atoms with Crippen molar-refractivity contribution in [3.63, 3.8) is 0 Å². The molecule has 5 aromatic rings. The summed E-state index contributed by atoms with van der Waals surface area (Å²) >= 11 is 0. The minimum Gasteiger partial charge on any atom is -0.366 e. The molecule has 3 aromatic carbocycles. The molecular formula is C24H18N4O. The smallest absolute Gasteiger partial charge is 0.249 e. The van der Waals surface area contributed by atoms with E-state index in [0.717, 1.165) is 38.8 Å². The van der Waals surface area contributed by atoms with Crippen LogP contribution in [-0.4, -0.2) is 20.4 Å². The van der Waals surface area contributed by atoms with Gasteiger partial charge in [0.1, 0.15) is 11.8 Å². The molecule has 0 radical (unpaired) electrons. The number of hydrogen-bond acceptors (Lipinski definition) is 3. The summed E-state index contributed by atoms with van der Waals surface area (Å²) in [5.41, 5.74) is 10.8. The zero-order valence-electron chi connectivity index (χ0n) is 15.6. The van der Waals surface area contributed by atoms with Crippen LogP contribution in [0.3, 0.4) is 0 Å². The maximum Gasteiger partial charge on any atom is 0.249 e. The van der Waals surface area contributed by atoms with Crippen molar-refractivity contribution in [1.82, 2.24) is 14.5 Å². The van der Waals surface area contributed by atoms with Crippen molar-refractivity contribution in [2.75, 3.05) is 0 Å². The molecule has 2 aromatic heterocycles. The molecule has 0 saturated carbocycles. The molecule has 5 nitrogen and oxygen atoms in total. The quantitative estimate of drug-likeness (QED) is 0.508. The molecular weight excluding hydrogens is 360 g/mol. The first kappa shape index (κ1) is 17.1. The Hall–Kier alpha value is -3.99. The Kier molecular flexibility index (Phi) is 4.06. The molecule has 0 spiro atoms. The third-order valence-corrected chi connectivity index (χ3v) is 5.17. The van der Waals surface area contributed by atoms with Crippen molar-refractivity contribution in [2.45, 2.75) is 6.42 Å². The van der Waals surface area contributed by atoms with Crippen LogP contribution < -0.4 is 5.73 Å². The summed E-state index contributed by atoms with van der Waals surface area (Å²) in [5.74, 6) is -0.439. The number of nitrogens with zero attached hydrogens (tertiary/aromatic N) is 3. The van der Waals surface area contributed by atoms with E-state index in [0.29, 0.717) is 12.0 Å². The summed E-state index contributed by atoms with van der Waals surface area (Å²) in [6, 6.07) is 23.7. The Labute approximate surface area is 167 Å². The van der Waals surface area contributed by atoms with Gasteiger partial charge in [0.05, 0.1) is 11.3 Å². The summed E-state index contributed by atoms with van der Waals surface area (Å²) in [5, 5.41) is 1.80. The standard InChI is InChI=1S/C24H18N4O/c25-23(29)22-18-10-5-4-9-17(18)14-21(19(22)13-16-7-2-1-3-8-16)28-15-27-20-11-6-12-26-24(20)28/h1-12,14-15H,13H2,(H2,25,29). The zero-order valence-corrected chi connectivity index (χ0v) is 15.6. The number of nitrogens with two attached hydrogens (primary N) is 1. The molecule has 0 aliphatic rings. The highest BCUT2D eigenvalue weighted by Gasteiger charge is 2.20. The lowest BCUT2D eigenvalue weighted by molar-refractivity contribution is 0.100. The molecule has 1 amide bonds. The molecule has 5 rings (SSSR count). The third kappa shape index (κ3) is 2.93. The summed E-state index contributed by atoms with van der Waals surface area (Å²) in [4.78, 5) is 21.6. The topological polar surface area (TPSA) is 73.8 Å². The number of rotatable bonds is 4. The predicted molar refractivity (Wildman–Crippen MR) is 114 cm³/mol. The summed E-state index contributed by atoms with van der Waals surface area (Å²) in [6.45, 7) is 0. The van der Waals surface area contributed by atoms with E-state index in [1.54, 1.807) is 12.5 Å². The van der Waals surface area contributed by atoms with Crippen molar-refractivity contribution in [3.05, 3.63) is 102 Å². The first-order chi connectivity index (χ1) is 14.2. The highest BCUT2D eigenvalue weighted by Crippen LogP contribution is 2.31. The zero-order chi connectivity index (χ0) is 19.8. The lowest BCUT2D eigenvalue weighted by Crippen LogP contribution is -2.17. The van der Waals surface area contributed by atoms with Gasteiger partial charge in [-0.3, -0.25) is 9.36 Å². The SMILES string of the molecule is NC(=O)c1c(Cc2ccccc2)c(-n2cnc3cccnc32)cc2ccccc12. The minimum atomic E-state index is -0.439. The highest BCUT2D eigenvalue weighted by atomic mass is 16.1. The van der Waals surface area contributed by atoms with Crippen LogP contribution >= 0.6 is 0 Å². The van der Waals surface area contributed by atoms with Crippen LogP contribution in [0.4, 0.5) is 0 Å². The van der Waals surface area contributed by atoms with Gasteiger partial charge in [0, 0.05) is 12.6 Å². The van der Waals surface area contributed by atoms with Crippen LogP contribution in [0.5, 0.6) is 0 Å². The number of primary amides is 1. The van der Waals surface area contributed by atoms with Crippen molar-refractivity contribution in [2.24, 2.45) is 5.73 Å². The molecule has 0 aliphatic heterocycles. The Bertz CT molecular complexity index is 1360. The molecule has 29 heavy (non-hydrogen) atoms. The number of amides is 1. The summed E-state index contributed by atoms with van der Waals surface area (Å²) < 4.78 is 1.94. The van der Waals surface area contributed by atoms with Crippen molar-refractivity contribution >= 4 is 27.8 Å². The Morgan fingerprint density at radius 1 is 0.931 bits per heavy atom. The number of fused-ring (bicyclic) bond motifs is 2. The number of aromatic nitrogens is 3. The highest BCUT2D eigenvalue weighted by molar-refractivity contribution is 6.09. The first-order valence-corrected chi connectivity index (χ1v) is 9.39. The molecule has 0 bridgehead atoms. The molecule has 5 heteroatoms. The Balaban J connectivity index is 1.86. The van der Waals surface area contributed by atoms with Crippen LogP contribution in [0.15, 0.2) is 85.3 Å². The average molecular weight is 378 g/mol. The monoisotopic (exact) mass is 378 g/mol. The number of carbonyl (C=O) groups is 1. The van der Waals surface area contributed by atoms with Gasteiger partial charge in [0.15, 0.2) is 5.65 Å². The second-order valence-electron chi connectivity index (χ2n) is 6.96. The van der Waals surface area contributed by atoms with Gasteiger partial charge in [-0.25, -0.2) is 9.97 Å². The van der Waals surface area contributed by atoms with E-state index in [-0.39, 0.29) is 0 Å². The predicted octanol–water partition coefficient (Wildman–Crippen LogP) is 4.26. The average Bonchev–Trinajstić information content (AvgIpc) is 3.17. The fourth-order valence-electron chi connectivity index (χ4n) is 3.88. The lowest BCUT2D eigenvalue weighted by Gasteiger charge is -2.17. The van der Waals surface area contributed by atoms with Crippen molar-refractivity contribution < 1.29 is 4.79 Å². The largest absolute Gasteiger partial charge is 0.366 e. The summed E-state index contributed by atoms with van der Waals surface area (Å²) in [7, 11) is 0. The van der Waals surface area contributed by atoms with Crippen LogP contribution in [0, 0.1) is 0 Å². The molecule has 0 atom stereocenters. The van der Waals surface area contributed by atoms with E-state index in [9.17, 15) is 4.79 Å². The number of pyridine rings is 1. The maximum absolute atomic E-state index is 12.6. The van der Waals surface area contributed by atoms with E-state index in [2.05, 4.69) is 16.0 Å². The number of hydrogen-bond donors (Lipinski definition) is 1. The maximum atomic E-state index is 12.6. The lowest BCUT2D eigenvalue weighted by atomic mass is 9.92. The second-order valence-corrected chi connectivity index (χ2v) is 6.96. The van der Waals surface area contributed by atoms with Crippen LogP contribution in [-0.2, 0) is 6.42 Å². The van der Waals surface area contributed by atoms with Gasteiger partial charge >= 0.3 is 0 Å². The van der Waals surface area contributed by atoms with Gasteiger partial charge in [-0.1, -0.05) is 54.6 Å². The van der Waals surface area contributed by atoms with E-state index < -0.39 is 5.91 Å². The normalized spacial score (nSPS) is 11.2. The van der Waals surface area contributed by atoms with E-state index in [4.69, 9.17) is 5.73 Å². The molecule has 2 N–H and O–H groups in total. The summed E-state index contributed by atoms with van der Waals surface area (Å²) in [6.07, 6.45) is 4.07. The molecule has 0 saturated heterocycles. The van der Waals surface area contributed by atoms with Crippen LogP contribution in [0.25, 0.3) is 27.6 Å². The third-order valence-electron chi connectivity index (χ3n) is 5.17. The number of benzene rings is 3. The van der Waals surface area contributed by atoms with Gasteiger partial charge in [0.25, 0.3) is 0 Å². The van der Waals surface area contributed by atoms with Crippen LogP contribution in [0.1, 0.15) is 21.5 Å². The molecule has 0 aliphatic carbocycles. The van der Waals surface area contributed by atoms with Crippen molar-refractivity contribution in [1.29, 1.82) is 0 Å². The van der Waals surface area contributed by atoms with E-state index in [1.165, 1.54) is 0 Å². The van der Waals surface area contributed by atoms with E-state index >= 15 is 0 Å². The van der Waals surface area contributed by atoms with Gasteiger partial charge < -0.3 is 5.73 Å². The minimum absolute atomic E-state index is 0.439. The van der Waals surface area contributed by atoms with E-state index in [1.807, 2.05) is 71.3 Å². The Morgan fingerprint density at radius 2 is 1.72 bits per heavy atom. The molecule has 140 valence electrons. The molecule has 0 unspecified atom stereocenters. The molecule has 2 heterocycles. The van der Waals surface area contributed by atoms with Gasteiger partial charge in [-0.05, 0) is 40.1 Å². The van der Waals surface area contributed by atoms with Crippen LogP contribution in [0.2, 0.25) is 0 Å². The van der Waals surface area contributed by atoms with Gasteiger partial charge in [-0.15, -0.1) is 0 Å². The number of carbonyl (C=O) groups excluding carboxylic acids is 1.